The quantitative estimate of drug-likeness (QED) is 0.615. The van der Waals surface area contributed by atoms with Gasteiger partial charge in [0.1, 0.15) is 5.41 Å². The fraction of sp³-hybridized carbons (Fsp3) is 0.750. The monoisotopic (exact) mass is 256 g/mol. The summed E-state index contributed by atoms with van der Waals surface area (Å²) >= 11 is 4.96. The normalized spacial score (nSPS) is 27.1. The van der Waals surface area contributed by atoms with Gasteiger partial charge in [0.15, 0.2) is 5.11 Å². The molecule has 1 heterocycles. The Labute approximate surface area is 108 Å². The average molecular weight is 256 g/mol. The first-order valence-corrected chi connectivity index (χ1v) is 6.46. The van der Waals surface area contributed by atoms with Crippen molar-refractivity contribution >= 4 is 29.1 Å². The van der Waals surface area contributed by atoms with Gasteiger partial charge in [-0.05, 0) is 31.0 Å². The zero-order valence-electron chi connectivity index (χ0n) is 10.9. The van der Waals surface area contributed by atoms with Gasteiger partial charge in [-0.1, -0.05) is 27.2 Å². The largest absolute Gasteiger partial charge is 0.302 e. The van der Waals surface area contributed by atoms with Crippen LogP contribution in [0, 0.1) is 11.3 Å². The van der Waals surface area contributed by atoms with Gasteiger partial charge in [-0.25, -0.2) is 0 Å². The lowest BCUT2D eigenvalue weighted by molar-refractivity contribution is -0.153. The third kappa shape index (κ3) is 2.08. The maximum absolute atomic E-state index is 12.4. The van der Waals surface area contributed by atoms with Crippen LogP contribution in [0.15, 0.2) is 0 Å². The first-order chi connectivity index (χ1) is 7.91. The molecular formula is C12H20N2O2S. The number of nitrogens with zero attached hydrogens (tertiary/aromatic N) is 1. The molecule has 4 nitrogen and oxygen atoms in total. The minimum atomic E-state index is -0.951. The van der Waals surface area contributed by atoms with Crippen LogP contribution < -0.4 is 5.32 Å². The van der Waals surface area contributed by atoms with Crippen LogP contribution in [0.2, 0.25) is 0 Å². The summed E-state index contributed by atoms with van der Waals surface area (Å²) in [4.78, 5) is 26.0. The fourth-order valence-electron chi connectivity index (χ4n) is 2.56. The molecule has 0 aromatic rings. The number of hydrogen-bond donors (Lipinski definition) is 1. The molecule has 1 saturated heterocycles. The van der Waals surface area contributed by atoms with Gasteiger partial charge in [0.25, 0.3) is 0 Å². The van der Waals surface area contributed by atoms with E-state index in [1.807, 2.05) is 13.8 Å². The van der Waals surface area contributed by atoms with E-state index >= 15 is 0 Å². The molecule has 17 heavy (non-hydrogen) atoms. The van der Waals surface area contributed by atoms with Gasteiger partial charge in [0.05, 0.1) is 0 Å². The first kappa shape index (κ1) is 14.1. The van der Waals surface area contributed by atoms with Crippen molar-refractivity contribution in [3.05, 3.63) is 0 Å². The van der Waals surface area contributed by atoms with Crippen LogP contribution in [0.5, 0.6) is 0 Å². The van der Waals surface area contributed by atoms with Crippen molar-refractivity contribution in [2.45, 2.75) is 40.0 Å². The number of carbonyl (C=O) groups excluding carboxylic acids is 2. The van der Waals surface area contributed by atoms with Gasteiger partial charge in [-0.3, -0.25) is 14.5 Å². The maximum atomic E-state index is 12.4. The molecule has 2 amide bonds. The molecule has 2 atom stereocenters. The summed E-state index contributed by atoms with van der Waals surface area (Å²) in [6, 6.07) is 0. The maximum Gasteiger partial charge on any atom is 0.244 e. The van der Waals surface area contributed by atoms with E-state index in [-0.39, 0.29) is 22.8 Å². The van der Waals surface area contributed by atoms with Crippen molar-refractivity contribution in [2.24, 2.45) is 11.3 Å². The van der Waals surface area contributed by atoms with E-state index in [1.165, 1.54) is 4.90 Å². The molecular weight excluding hydrogens is 236 g/mol. The summed E-state index contributed by atoms with van der Waals surface area (Å²) in [7, 11) is 1.62. The van der Waals surface area contributed by atoms with E-state index < -0.39 is 5.41 Å². The minimum absolute atomic E-state index is 0.0237. The molecule has 0 aromatic carbocycles. The number of carbonyl (C=O) groups is 2. The highest BCUT2D eigenvalue weighted by atomic mass is 32.1. The zero-order valence-corrected chi connectivity index (χ0v) is 11.7. The van der Waals surface area contributed by atoms with Crippen molar-refractivity contribution in [3.63, 3.8) is 0 Å². The standard InChI is InChI=1S/C12H20N2O2S/c1-5-7-8(3)12(6-2)9(15)13-11(17)14(4)10(12)16/h8H,5-7H2,1-4H3,(H,13,15,17)/t8-,12-/m1/s1. The van der Waals surface area contributed by atoms with E-state index in [1.54, 1.807) is 7.05 Å². The van der Waals surface area contributed by atoms with E-state index in [9.17, 15) is 9.59 Å². The molecule has 0 radical (unpaired) electrons. The van der Waals surface area contributed by atoms with Gasteiger partial charge >= 0.3 is 0 Å². The Morgan fingerprint density at radius 3 is 2.47 bits per heavy atom. The Kier molecular flexibility index (Phi) is 4.25. The fourth-order valence-corrected chi connectivity index (χ4v) is 2.73. The molecule has 0 unspecified atom stereocenters. The molecule has 1 N–H and O–H groups in total. The van der Waals surface area contributed by atoms with E-state index in [0.717, 1.165) is 12.8 Å². The average Bonchev–Trinajstić information content (AvgIpc) is 2.28. The predicted molar refractivity (Wildman–Crippen MR) is 70.3 cm³/mol. The van der Waals surface area contributed by atoms with Crippen molar-refractivity contribution in [1.82, 2.24) is 10.2 Å². The Bertz CT molecular complexity index is 356. The van der Waals surface area contributed by atoms with E-state index in [0.29, 0.717) is 6.42 Å². The number of hydrogen-bond acceptors (Lipinski definition) is 3. The van der Waals surface area contributed by atoms with Gasteiger partial charge in [0, 0.05) is 7.05 Å². The molecule has 96 valence electrons. The first-order valence-electron chi connectivity index (χ1n) is 6.05. The SMILES string of the molecule is CCC[C@@H](C)[C@]1(CC)C(=O)NC(=S)N(C)C1=O. The highest BCUT2D eigenvalue weighted by Gasteiger charge is 2.53. The second-order valence-corrected chi connectivity index (χ2v) is 5.02. The Morgan fingerprint density at radius 1 is 1.41 bits per heavy atom. The summed E-state index contributed by atoms with van der Waals surface area (Å²) in [6.45, 7) is 5.90. The Hall–Kier alpha value is -0.970. The van der Waals surface area contributed by atoms with Gasteiger partial charge in [-0.15, -0.1) is 0 Å². The van der Waals surface area contributed by atoms with Crippen LogP contribution in [0.3, 0.4) is 0 Å². The van der Waals surface area contributed by atoms with Crippen molar-refractivity contribution in [3.8, 4) is 0 Å². The highest BCUT2D eigenvalue weighted by Crippen LogP contribution is 2.38. The topological polar surface area (TPSA) is 49.4 Å². The molecule has 1 fully saturated rings. The van der Waals surface area contributed by atoms with Crippen LogP contribution in [0.25, 0.3) is 0 Å². The molecule has 1 aliphatic rings. The second kappa shape index (κ2) is 5.12. The van der Waals surface area contributed by atoms with Crippen LogP contribution in [-0.2, 0) is 9.59 Å². The summed E-state index contributed by atoms with van der Waals surface area (Å²) in [6.07, 6.45) is 2.32. The number of nitrogens with one attached hydrogen (secondary N) is 1. The zero-order chi connectivity index (χ0) is 13.2. The minimum Gasteiger partial charge on any atom is -0.302 e. The van der Waals surface area contributed by atoms with Crippen LogP contribution in [0.1, 0.15) is 40.0 Å². The molecule has 0 bridgehead atoms. The van der Waals surface area contributed by atoms with Crippen LogP contribution >= 0.6 is 12.2 Å². The molecule has 0 saturated carbocycles. The number of rotatable bonds is 4. The lowest BCUT2D eigenvalue weighted by Gasteiger charge is -2.42. The Morgan fingerprint density at radius 2 is 2.00 bits per heavy atom. The van der Waals surface area contributed by atoms with E-state index in [4.69, 9.17) is 12.2 Å². The summed E-state index contributed by atoms with van der Waals surface area (Å²) < 4.78 is 0. The van der Waals surface area contributed by atoms with E-state index in [2.05, 4.69) is 12.2 Å². The molecule has 0 aliphatic carbocycles. The summed E-state index contributed by atoms with van der Waals surface area (Å²) in [5, 5.41) is 2.84. The van der Waals surface area contributed by atoms with Gasteiger partial charge in [0.2, 0.25) is 11.8 Å². The van der Waals surface area contributed by atoms with Crippen molar-refractivity contribution in [2.75, 3.05) is 7.05 Å². The third-order valence-electron chi connectivity index (χ3n) is 3.74. The molecule has 0 aromatic heterocycles. The molecule has 5 heteroatoms. The summed E-state index contributed by atoms with van der Waals surface area (Å²) in [5.41, 5.74) is -0.951. The smallest absolute Gasteiger partial charge is 0.244 e. The molecule has 1 aliphatic heterocycles. The predicted octanol–water partition coefficient (Wildman–Crippen LogP) is 1.69. The van der Waals surface area contributed by atoms with Crippen molar-refractivity contribution < 1.29 is 9.59 Å². The third-order valence-corrected chi connectivity index (χ3v) is 4.11. The van der Waals surface area contributed by atoms with Crippen molar-refractivity contribution in [1.29, 1.82) is 0 Å². The van der Waals surface area contributed by atoms with Gasteiger partial charge in [-0.2, -0.15) is 0 Å². The second-order valence-electron chi connectivity index (χ2n) is 4.64. The summed E-state index contributed by atoms with van der Waals surface area (Å²) in [5.74, 6) is -0.390. The lowest BCUT2D eigenvalue weighted by atomic mass is 9.69. The van der Waals surface area contributed by atoms with Crippen LogP contribution in [-0.4, -0.2) is 28.9 Å². The number of thiocarbonyl (C=S) groups is 1. The van der Waals surface area contributed by atoms with Crippen LogP contribution in [0.4, 0.5) is 0 Å². The van der Waals surface area contributed by atoms with Gasteiger partial charge < -0.3 is 5.32 Å². The lowest BCUT2D eigenvalue weighted by Crippen LogP contribution is -2.64. The number of amides is 2. The molecule has 1 rings (SSSR count). The highest BCUT2D eigenvalue weighted by molar-refractivity contribution is 7.80. The molecule has 0 spiro atoms. The Balaban J connectivity index is 3.15.